The van der Waals surface area contributed by atoms with Crippen LogP contribution in [0.15, 0.2) is 30.5 Å². The summed E-state index contributed by atoms with van der Waals surface area (Å²) in [6.07, 6.45) is 1.58. The van der Waals surface area contributed by atoms with Crippen LogP contribution in [0, 0.1) is 9.39 Å². The van der Waals surface area contributed by atoms with Gasteiger partial charge in [-0.25, -0.2) is 9.37 Å². The van der Waals surface area contributed by atoms with Gasteiger partial charge in [0.2, 0.25) is 11.6 Å². The molecule has 0 saturated carbocycles. The molecule has 0 spiro atoms. The second-order valence-corrected chi connectivity index (χ2v) is 4.67. The monoisotopic (exact) mass is 360 g/mol. The summed E-state index contributed by atoms with van der Waals surface area (Å²) in [7, 11) is 1.44. The zero-order chi connectivity index (χ0) is 13.1. The standard InChI is InChI=1S/C12H10FIN2O2/c1-17-10-4-2-3-8(13)11(10)18-12-9(15)5-7(14)6-16-12/h2-6H,15H2,1H3. The number of pyridine rings is 1. The van der Waals surface area contributed by atoms with Crippen molar-refractivity contribution in [2.24, 2.45) is 0 Å². The number of para-hydroxylation sites is 1. The second-order valence-electron chi connectivity index (χ2n) is 3.42. The van der Waals surface area contributed by atoms with Crippen LogP contribution in [0.5, 0.6) is 17.4 Å². The Morgan fingerprint density at radius 1 is 1.39 bits per heavy atom. The van der Waals surface area contributed by atoms with E-state index in [1.807, 2.05) is 0 Å². The molecule has 0 bridgehead atoms. The van der Waals surface area contributed by atoms with Gasteiger partial charge >= 0.3 is 0 Å². The predicted molar refractivity (Wildman–Crippen MR) is 74.4 cm³/mol. The highest BCUT2D eigenvalue weighted by atomic mass is 127. The molecule has 0 aliphatic carbocycles. The summed E-state index contributed by atoms with van der Waals surface area (Å²) in [5, 5.41) is 0. The molecular weight excluding hydrogens is 350 g/mol. The number of ether oxygens (including phenoxy) is 2. The average molecular weight is 360 g/mol. The summed E-state index contributed by atoms with van der Waals surface area (Å²) in [4.78, 5) is 4.01. The molecule has 6 heteroatoms. The highest BCUT2D eigenvalue weighted by Crippen LogP contribution is 2.35. The van der Waals surface area contributed by atoms with Crippen LogP contribution in [-0.2, 0) is 0 Å². The number of hydrogen-bond donors (Lipinski definition) is 1. The number of rotatable bonds is 3. The van der Waals surface area contributed by atoms with Gasteiger partial charge in [-0.3, -0.25) is 0 Å². The van der Waals surface area contributed by atoms with E-state index in [0.717, 1.165) is 3.57 Å². The van der Waals surface area contributed by atoms with Crippen molar-refractivity contribution in [2.75, 3.05) is 12.8 Å². The fourth-order valence-corrected chi connectivity index (χ4v) is 1.85. The first kappa shape index (κ1) is 12.9. The molecule has 2 rings (SSSR count). The van der Waals surface area contributed by atoms with E-state index in [4.69, 9.17) is 15.2 Å². The lowest BCUT2D eigenvalue weighted by atomic mass is 10.3. The number of benzene rings is 1. The molecule has 18 heavy (non-hydrogen) atoms. The smallest absolute Gasteiger partial charge is 0.243 e. The van der Waals surface area contributed by atoms with Crippen LogP contribution in [0.1, 0.15) is 0 Å². The highest BCUT2D eigenvalue weighted by Gasteiger charge is 2.14. The Bertz CT molecular complexity index is 578. The minimum absolute atomic E-state index is 0.0274. The molecule has 1 aromatic heterocycles. The van der Waals surface area contributed by atoms with Gasteiger partial charge in [0.05, 0.1) is 12.8 Å². The van der Waals surface area contributed by atoms with Gasteiger partial charge in [0.15, 0.2) is 11.6 Å². The van der Waals surface area contributed by atoms with Gasteiger partial charge in [-0.2, -0.15) is 0 Å². The molecule has 0 aliphatic heterocycles. The van der Waals surface area contributed by atoms with Crippen molar-refractivity contribution in [1.29, 1.82) is 0 Å². The quantitative estimate of drug-likeness (QED) is 0.855. The van der Waals surface area contributed by atoms with Gasteiger partial charge in [0.25, 0.3) is 0 Å². The SMILES string of the molecule is COc1cccc(F)c1Oc1ncc(I)cc1N. The predicted octanol–water partition coefficient (Wildman–Crippen LogP) is 3.21. The number of aromatic nitrogens is 1. The maximum atomic E-state index is 13.7. The first-order chi connectivity index (χ1) is 8.61. The molecule has 4 nitrogen and oxygen atoms in total. The largest absolute Gasteiger partial charge is 0.493 e. The maximum absolute atomic E-state index is 13.7. The third-order valence-electron chi connectivity index (χ3n) is 2.19. The number of methoxy groups -OCH3 is 1. The number of anilines is 1. The van der Waals surface area contributed by atoms with Crippen molar-refractivity contribution < 1.29 is 13.9 Å². The van der Waals surface area contributed by atoms with E-state index >= 15 is 0 Å². The molecule has 94 valence electrons. The van der Waals surface area contributed by atoms with E-state index in [1.165, 1.54) is 19.2 Å². The van der Waals surface area contributed by atoms with Crippen LogP contribution in [0.3, 0.4) is 0 Å². The number of halogens is 2. The molecule has 1 aromatic carbocycles. The molecular formula is C12H10FIN2O2. The highest BCUT2D eigenvalue weighted by molar-refractivity contribution is 14.1. The third kappa shape index (κ3) is 2.63. The normalized spacial score (nSPS) is 10.2. The van der Waals surface area contributed by atoms with E-state index in [0.29, 0.717) is 5.69 Å². The molecule has 2 aromatic rings. The van der Waals surface area contributed by atoms with Gasteiger partial charge in [0.1, 0.15) is 0 Å². The van der Waals surface area contributed by atoms with Gasteiger partial charge < -0.3 is 15.2 Å². The van der Waals surface area contributed by atoms with Crippen LogP contribution in [0.2, 0.25) is 0 Å². The molecule has 2 N–H and O–H groups in total. The zero-order valence-electron chi connectivity index (χ0n) is 9.48. The molecule has 1 heterocycles. The van der Waals surface area contributed by atoms with Gasteiger partial charge in [0, 0.05) is 9.77 Å². The lowest BCUT2D eigenvalue weighted by Crippen LogP contribution is -1.99. The second kappa shape index (κ2) is 5.38. The minimum atomic E-state index is -0.533. The fourth-order valence-electron chi connectivity index (χ4n) is 1.37. The molecule has 0 unspecified atom stereocenters. The topological polar surface area (TPSA) is 57.4 Å². The zero-order valence-corrected chi connectivity index (χ0v) is 11.6. The molecule has 0 atom stereocenters. The third-order valence-corrected chi connectivity index (χ3v) is 2.78. The molecule has 0 radical (unpaired) electrons. The Kier molecular flexibility index (Phi) is 3.85. The summed E-state index contributed by atoms with van der Waals surface area (Å²) in [5.41, 5.74) is 6.10. The van der Waals surface area contributed by atoms with Crippen molar-refractivity contribution in [3.63, 3.8) is 0 Å². The van der Waals surface area contributed by atoms with E-state index in [9.17, 15) is 4.39 Å². The summed E-state index contributed by atoms with van der Waals surface area (Å²) < 4.78 is 24.9. The minimum Gasteiger partial charge on any atom is -0.493 e. The molecule has 0 amide bonds. The van der Waals surface area contributed by atoms with Crippen LogP contribution in [0.25, 0.3) is 0 Å². The van der Waals surface area contributed by atoms with Gasteiger partial charge in [-0.15, -0.1) is 0 Å². The Morgan fingerprint density at radius 2 is 2.17 bits per heavy atom. The van der Waals surface area contributed by atoms with Crippen LogP contribution >= 0.6 is 22.6 Å². The summed E-state index contributed by atoms with van der Waals surface area (Å²) in [6.45, 7) is 0. The first-order valence-electron chi connectivity index (χ1n) is 5.03. The number of nitrogens with two attached hydrogens (primary N) is 1. The summed E-state index contributed by atoms with van der Waals surface area (Å²) >= 11 is 2.08. The summed E-state index contributed by atoms with van der Waals surface area (Å²) in [5.74, 6) is -0.122. The summed E-state index contributed by atoms with van der Waals surface area (Å²) in [6, 6.07) is 6.10. The van der Waals surface area contributed by atoms with Gasteiger partial charge in [-0.1, -0.05) is 6.07 Å². The van der Waals surface area contributed by atoms with E-state index in [2.05, 4.69) is 27.6 Å². The fraction of sp³-hybridized carbons (Fsp3) is 0.0833. The molecule has 0 saturated heterocycles. The van der Waals surface area contributed by atoms with Crippen molar-refractivity contribution in [3.05, 3.63) is 39.8 Å². The van der Waals surface area contributed by atoms with Gasteiger partial charge in [-0.05, 0) is 40.8 Å². The maximum Gasteiger partial charge on any atom is 0.243 e. The average Bonchev–Trinajstić information content (AvgIpc) is 2.34. The Labute approximate surface area is 117 Å². The van der Waals surface area contributed by atoms with E-state index in [-0.39, 0.29) is 17.4 Å². The Balaban J connectivity index is 2.39. The lowest BCUT2D eigenvalue weighted by molar-refractivity contribution is 0.359. The number of nitrogen functional groups attached to an aromatic ring is 1. The number of hydrogen-bond acceptors (Lipinski definition) is 4. The van der Waals surface area contributed by atoms with Crippen molar-refractivity contribution in [2.45, 2.75) is 0 Å². The van der Waals surface area contributed by atoms with Crippen molar-refractivity contribution >= 4 is 28.3 Å². The van der Waals surface area contributed by atoms with Crippen molar-refractivity contribution in [1.82, 2.24) is 4.98 Å². The Morgan fingerprint density at radius 3 is 2.83 bits per heavy atom. The molecule has 0 fully saturated rings. The number of nitrogens with zero attached hydrogens (tertiary/aromatic N) is 1. The van der Waals surface area contributed by atoms with Crippen molar-refractivity contribution in [3.8, 4) is 17.4 Å². The van der Waals surface area contributed by atoms with E-state index < -0.39 is 5.82 Å². The van der Waals surface area contributed by atoms with Crippen LogP contribution in [-0.4, -0.2) is 12.1 Å². The van der Waals surface area contributed by atoms with Crippen LogP contribution in [0.4, 0.5) is 10.1 Å². The first-order valence-corrected chi connectivity index (χ1v) is 6.11. The van der Waals surface area contributed by atoms with E-state index in [1.54, 1.807) is 18.3 Å². The Hall–Kier alpha value is -1.57. The molecule has 0 aliphatic rings. The van der Waals surface area contributed by atoms with Crippen LogP contribution < -0.4 is 15.2 Å². The lowest BCUT2D eigenvalue weighted by Gasteiger charge is -2.11.